The molecule has 0 aliphatic carbocycles. The van der Waals surface area contributed by atoms with Gasteiger partial charge in [-0.3, -0.25) is 4.79 Å². The van der Waals surface area contributed by atoms with Gasteiger partial charge in [0, 0.05) is 18.5 Å². The van der Waals surface area contributed by atoms with E-state index < -0.39 is 0 Å². The van der Waals surface area contributed by atoms with Crippen LogP contribution in [0.1, 0.15) is 12.8 Å². The molecular formula is C9H14ClNO. The van der Waals surface area contributed by atoms with Gasteiger partial charge in [-0.1, -0.05) is 12.2 Å². The second-order valence-corrected chi connectivity index (χ2v) is 2.61. The number of Topliss-reactive ketones (excluding diaryl/α,β-unsaturated/α-hetero) is 1. The Morgan fingerprint density at radius 3 is 3.00 bits per heavy atom. The molecule has 1 aliphatic rings. The number of allylic oxidation sites excluding steroid dienone is 1. The molecule has 0 saturated heterocycles. The molecule has 0 amide bonds. The highest BCUT2D eigenvalue weighted by Crippen LogP contribution is 2.04. The smallest absolute Gasteiger partial charge is 0.163 e. The molecule has 0 saturated carbocycles. The summed E-state index contributed by atoms with van der Waals surface area (Å²) >= 11 is 0. The van der Waals surface area contributed by atoms with Crippen LogP contribution in [-0.2, 0) is 4.79 Å². The molecule has 0 fully saturated rings. The van der Waals surface area contributed by atoms with Gasteiger partial charge in [-0.05, 0) is 13.0 Å². The molecule has 2 nitrogen and oxygen atoms in total. The van der Waals surface area contributed by atoms with E-state index in [2.05, 4.69) is 11.9 Å². The third-order valence-corrected chi connectivity index (χ3v) is 1.72. The molecule has 1 aliphatic heterocycles. The minimum absolute atomic E-state index is 0. The van der Waals surface area contributed by atoms with Crippen LogP contribution in [-0.4, -0.2) is 18.9 Å². The third-order valence-electron chi connectivity index (χ3n) is 1.72. The maximum absolute atomic E-state index is 11.2. The Hall–Kier alpha value is -0.600. The van der Waals surface area contributed by atoms with E-state index in [-0.39, 0.29) is 18.2 Å². The summed E-state index contributed by atoms with van der Waals surface area (Å²) in [5, 5.41) is 3.15. The number of carbonyl (C=O) groups is 1. The summed E-state index contributed by atoms with van der Waals surface area (Å²) in [5.74, 6) is 0.201. The van der Waals surface area contributed by atoms with Gasteiger partial charge < -0.3 is 5.32 Å². The highest BCUT2D eigenvalue weighted by Gasteiger charge is 2.09. The van der Waals surface area contributed by atoms with Gasteiger partial charge in [0.05, 0.1) is 0 Å². The van der Waals surface area contributed by atoms with Gasteiger partial charge in [-0.25, -0.2) is 0 Å². The van der Waals surface area contributed by atoms with Crippen LogP contribution in [0.25, 0.3) is 0 Å². The van der Waals surface area contributed by atoms with Gasteiger partial charge in [0.2, 0.25) is 0 Å². The summed E-state index contributed by atoms with van der Waals surface area (Å²) in [4.78, 5) is 11.2. The van der Waals surface area contributed by atoms with Crippen molar-refractivity contribution in [2.24, 2.45) is 0 Å². The lowest BCUT2D eigenvalue weighted by Crippen LogP contribution is -2.25. The molecule has 0 bridgehead atoms. The largest absolute Gasteiger partial charge is 0.312 e. The summed E-state index contributed by atoms with van der Waals surface area (Å²) in [7, 11) is 0. The molecule has 0 aromatic heterocycles. The van der Waals surface area contributed by atoms with Gasteiger partial charge in [0.1, 0.15) is 0 Å². The first kappa shape index (κ1) is 11.4. The lowest BCUT2D eigenvalue weighted by Gasteiger charge is -2.11. The van der Waals surface area contributed by atoms with Crippen LogP contribution >= 0.6 is 12.4 Å². The topological polar surface area (TPSA) is 29.1 Å². The van der Waals surface area contributed by atoms with Crippen molar-refractivity contribution in [3.05, 3.63) is 24.3 Å². The number of ketones is 1. The minimum atomic E-state index is 0. The van der Waals surface area contributed by atoms with Gasteiger partial charge >= 0.3 is 0 Å². The quantitative estimate of drug-likeness (QED) is 0.679. The third kappa shape index (κ3) is 3.20. The number of carbonyl (C=O) groups excluding carboxylic acids is 1. The molecule has 1 heterocycles. The number of hydrogen-bond acceptors (Lipinski definition) is 2. The zero-order valence-corrected chi connectivity index (χ0v) is 7.82. The molecule has 0 radical (unpaired) electrons. The normalized spacial score (nSPS) is 15.8. The highest BCUT2D eigenvalue weighted by molar-refractivity contribution is 5.96. The molecule has 12 heavy (non-hydrogen) atoms. The molecule has 0 aromatic rings. The summed E-state index contributed by atoms with van der Waals surface area (Å²) in [6.45, 7) is 5.25. The second kappa shape index (κ2) is 5.98. The van der Waals surface area contributed by atoms with Crippen molar-refractivity contribution in [2.45, 2.75) is 12.8 Å². The van der Waals surface area contributed by atoms with Crippen LogP contribution < -0.4 is 5.32 Å². The Morgan fingerprint density at radius 1 is 1.75 bits per heavy atom. The first-order chi connectivity index (χ1) is 5.34. The van der Waals surface area contributed by atoms with E-state index in [1.54, 1.807) is 6.08 Å². The summed E-state index contributed by atoms with van der Waals surface area (Å²) < 4.78 is 0. The zero-order chi connectivity index (χ0) is 8.10. The molecular weight excluding hydrogens is 174 g/mol. The van der Waals surface area contributed by atoms with Crippen molar-refractivity contribution in [3.63, 3.8) is 0 Å². The van der Waals surface area contributed by atoms with Crippen LogP contribution in [0.4, 0.5) is 0 Å². The van der Waals surface area contributed by atoms with E-state index in [1.807, 2.05) is 6.08 Å². The van der Waals surface area contributed by atoms with Crippen molar-refractivity contribution >= 4 is 18.2 Å². The lowest BCUT2D eigenvalue weighted by molar-refractivity contribution is -0.114. The number of rotatable bonds is 3. The standard InChI is InChI=1S/C9H13NO.ClH/c1-2-4-9(11)8-5-3-6-10-7-8;/h2,5,10H,1,3-4,6-7H2;1H. The predicted octanol–water partition coefficient (Wildman–Crippen LogP) is 1.47. The molecule has 0 unspecified atom stereocenters. The fourth-order valence-electron chi connectivity index (χ4n) is 1.12. The fraction of sp³-hybridized carbons (Fsp3) is 0.444. The Morgan fingerprint density at radius 2 is 2.50 bits per heavy atom. The monoisotopic (exact) mass is 187 g/mol. The van der Waals surface area contributed by atoms with E-state index in [1.165, 1.54) is 0 Å². The average molecular weight is 188 g/mol. The minimum Gasteiger partial charge on any atom is -0.312 e. The SMILES string of the molecule is C=CCC(=O)C1=CCCNC1.Cl. The maximum atomic E-state index is 11.2. The van der Waals surface area contributed by atoms with Crippen LogP contribution in [0.15, 0.2) is 24.3 Å². The Balaban J connectivity index is 0.00000121. The zero-order valence-electron chi connectivity index (χ0n) is 7.01. The Labute approximate surface area is 79.1 Å². The van der Waals surface area contributed by atoms with Crippen molar-refractivity contribution in [1.29, 1.82) is 0 Å². The van der Waals surface area contributed by atoms with Gasteiger partial charge in [0.15, 0.2) is 5.78 Å². The van der Waals surface area contributed by atoms with E-state index in [9.17, 15) is 4.79 Å². The molecule has 1 rings (SSSR count). The van der Waals surface area contributed by atoms with E-state index in [0.717, 1.165) is 25.1 Å². The predicted molar refractivity (Wildman–Crippen MR) is 52.6 cm³/mol. The van der Waals surface area contributed by atoms with Crippen LogP contribution in [0, 0.1) is 0 Å². The van der Waals surface area contributed by atoms with Gasteiger partial charge in [0.25, 0.3) is 0 Å². The van der Waals surface area contributed by atoms with E-state index in [0.29, 0.717) is 6.42 Å². The first-order valence-electron chi connectivity index (χ1n) is 3.88. The maximum Gasteiger partial charge on any atom is 0.163 e. The molecule has 3 heteroatoms. The van der Waals surface area contributed by atoms with Crippen molar-refractivity contribution < 1.29 is 4.79 Å². The molecule has 68 valence electrons. The number of hydrogen-bond donors (Lipinski definition) is 1. The first-order valence-corrected chi connectivity index (χ1v) is 3.88. The van der Waals surface area contributed by atoms with E-state index >= 15 is 0 Å². The van der Waals surface area contributed by atoms with Crippen molar-refractivity contribution in [3.8, 4) is 0 Å². The Kier molecular flexibility index (Phi) is 5.68. The van der Waals surface area contributed by atoms with Crippen molar-refractivity contribution in [2.75, 3.05) is 13.1 Å². The van der Waals surface area contributed by atoms with Crippen molar-refractivity contribution in [1.82, 2.24) is 5.32 Å². The van der Waals surface area contributed by atoms with Gasteiger partial charge in [-0.2, -0.15) is 0 Å². The molecule has 0 aromatic carbocycles. The Bertz CT molecular complexity index is 199. The molecule has 0 spiro atoms. The molecule has 1 N–H and O–H groups in total. The average Bonchev–Trinajstić information content (AvgIpc) is 2.07. The van der Waals surface area contributed by atoms with Crippen LogP contribution in [0.2, 0.25) is 0 Å². The highest BCUT2D eigenvalue weighted by atomic mass is 35.5. The fourth-order valence-corrected chi connectivity index (χ4v) is 1.12. The van der Waals surface area contributed by atoms with E-state index in [4.69, 9.17) is 0 Å². The second-order valence-electron chi connectivity index (χ2n) is 2.61. The summed E-state index contributed by atoms with van der Waals surface area (Å²) in [5.41, 5.74) is 0.913. The van der Waals surface area contributed by atoms with Gasteiger partial charge in [-0.15, -0.1) is 19.0 Å². The number of halogens is 1. The lowest BCUT2D eigenvalue weighted by atomic mass is 10.1. The molecule has 0 atom stereocenters. The summed E-state index contributed by atoms with van der Waals surface area (Å²) in [6, 6.07) is 0. The number of nitrogens with one attached hydrogen (secondary N) is 1. The summed E-state index contributed by atoms with van der Waals surface area (Å²) in [6.07, 6.45) is 5.10. The van der Waals surface area contributed by atoms with Crippen LogP contribution in [0.5, 0.6) is 0 Å². The van der Waals surface area contributed by atoms with Crippen LogP contribution in [0.3, 0.4) is 0 Å².